The Labute approximate surface area is 112 Å². The molecule has 7 heteroatoms. The molecular formula is C11H21N2O3PS. The highest BCUT2D eigenvalue weighted by molar-refractivity contribution is 7.53. The van der Waals surface area contributed by atoms with Crippen LogP contribution in [-0.2, 0) is 19.8 Å². The van der Waals surface area contributed by atoms with Gasteiger partial charge < -0.3 is 14.8 Å². The van der Waals surface area contributed by atoms with Crippen molar-refractivity contribution in [3.8, 4) is 0 Å². The molecule has 1 aromatic heterocycles. The normalized spacial score (nSPS) is 12.3. The van der Waals surface area contributed by atoms with Gasteiger partial charge in [-0.25, -0.2) is 4.98 Å². The molecule has 0 aliphatic rings. The maximum absolute atomic E-state index is 12.4. The fourth-order valence-electron chi connectivity index (χ4n) is 1.65. The lowest BCUT2D eigenvalue weighted by Crippen LogP contribution is -2.02. The second-order valence-corrected chi connectivity index (χ2v) is 7.24. The van der Waals surface area contributed by atoms with Gasteiger partial charge >= 0.3 is 7.60 Å². The Bertz CT molecular complexity index is 424. The first-order chi connectivity index (χ1) is 8.41. The van der Waals surface area contributed by atoms with E-state index in [1.165, 1.54) is 11.3 Å². The van der Waals surface area contributed by atoms with Gasteiger partial charge in [0.1, 0.15) is 0 Å². The van der Waals surface area contributed by atoms with Gasteiger partial charge in [-0.05, 0) is 19.8 Å². The first-order valence-corrected chi connectivity index (χ1v) is 8.59. The van der Waals surface area contributed by atoms with Crippen LogP contribution in [0.5, 0.6) is 0 Å². The SMILES string of the molecule is CCOP(=O)(Cc1nc(N)sc1C(C)C)OCC. The first-order valence-electron chi connectivity index (χ1n) is 6.05. The maximum atomic E-state index is 12.4. The molecule has 1 heterocycles. The molecule has 0 atom stereocenters. The predicted octanol–water partition coefficient (Wildman–Crippen LogP) is 3.61. The summed E-state index contributed by atoms with van der Waals surface area (Å²) in [4.78, 5) is 5.29. The van der Waals surface area contributed by atoms with Gasteiger partial charge in [0.15, 0.2) is 5.13 Å². The van der Waals surface area contributed by atoms with E-state index in [4.69, 9.17) is 14.8 Å². The van der Waals surface area contributed by atoms with E-state index in [1.54, 1.807) is 13.8 Å². The summed E-state index contributed by atoms with van der Waals surface area (Å²) in [7, 11) is -3.11. The summed E-state index contributed by atoms with van der Waals surface area (Å²) in [5.74, 6) is 0.298. The molecular weight excluding hydrogens is 271 g/mol. The number of aromatic nitrogens is 1. The van der Waals surface area contributed by atoms with Gasteiger partial charge in [0.2, 0.25) is 0 Å². The van der Waals surface area contributed by atoms with E-state index in [1.807, 2.05) is 0 Å². The second kappa shape index (κ2) is 6.66. The van der Waals surface area contributed by atoms with Gasteiger partial charge in [-0.3, -0.25) is 4.57 Å². The molecule has 0 fully saturated rings. The van der Waals surface area contributed by atoms with E-state index < -0.39 is 7.60 Å². The Kier molecular flexibility index (Phi) is 5.79. The summed E-state index contributed by atoms with van der Waals surface area (Å²) >= 11 is 1.43. The lowest BCUT2D eigenvalue weighted by molar-refractivity contribution is 0.219. The number of hydrogen-bond acceptors (Lipinski definition) is 6. The Balaban J connectivity index is 2.96. The van der Waals surface area contributed by atoms with E-state index in [9.17, 15) is 4.57 Å². The van der Waals surface area contributed by atoms with Crippen LogP contribution in [0.1, 0.15) is 44.2 Å². The zero-order valence-electron chi connectivity index (χ0n) is 11.3. The van der Waals surface area contributed by atoms with Crippen molar-refractivity contribution in [1.82, 2.24) is 4.98 Å². The third-order valence-corrected chi connectivity index (χ3v) is 5.48. The topological polar surface area (TPSA) is 74.4 Å². The van der Waals surface area contributed by atoms with Crippen molar-refractivity contribution < 1.29 is 13.6 Å². The van der Waals surface area contributed by atoms with Crippen molar-refractivity contribution in [2.24, 2.45) is 0 Å². The molecule has 1 aromatic rings. The van der Waals surface area contributed by atoms with Gasteiger partial charge in [-0.15, -0.1) is 11.3 Å². The first kappa shape index (κ1) is 15.6. The van der Waals surface area contributed by atoms with Crippen molar-refractivity contribution in [3.63, 3.8) is 0 Å². The van der Waals surface area contributed by atoms with Crippen LogP contribution < -0.4 is 5.73 Å². The molecule has 104 valence electrons. The van der Waals surface area contributed by atoms with E-state index in [-0.39, 0.29) is 6.16 Å². The molecule has 2 N–H and O–H groups in total. The molecule has 0 radical (unpaired) electrons. The second-order valence-electron chi connectivity index (χ2n) is 4.12. The zero-order valence-corrected chi connectivity index (χ0v) is 13.0. The monoisotopic (exact) mass is 292 g/mol. The van der Waals surface area contributed by atoms with Crippen LogP contribution in [0.25, 0.3) is 0 Å². The largest absolute Gasteiger partial charge is 0.375 e. The van der Waals surface area contributed by atoms with Crippen LogP contribution in [0.4, 0.5) is 5.13 Å². The number of nitrogens with zero attached hydrogens (tertiary/aromatic N) is 1. The van der Waals surface area contributed by atoms with Gasteiger partial charge in [0.25, 0.3) is 0 Å². The van der Waals surface area contributed by atoms with Crippen LogP contribution >= 0.6 is 18.9 Å². The van der Waals surface area contributed by atoms with E-state index in [0.717, 1.165) is 10.6 Å². The number of nitrogens with two attached hydrogens (primary N) is 1. The highest BCUT2D eigenvalue weighted by Gasteiger charge is 2.28. The molecule has 0 aromatic carbocycles. The third kappa shape index (κ3) is 4.05. The Hall–Kier alpha value is -0.420. The fraction of sp³-hybridized carbons (Fsp3) is 0.727. The number of thiazole rings is 1. The molecule has 0 amide bonds. The Morgan fingerprint density at radius 3 is 2.33 bits per heavy atom. The quantitative estimate of drug-likeness (QED) is 0.777. The van der Waals surface area contributed by atoms with Gasteiger partial charge in [0.05, 0.1) is 25.1 Å². The molecule has 0 saturated heterocycles. The zero-order chi connectivity index (χ0) is 13.8. The lowest BCUT2D eigenvalue weighted by atomic mass is 10.1. The fourth-order valence-corrected chi connectivity index (χ4v) is 4.26. The highest BCUT2D eigenvalue weighted by Crippen LogP contribution is 2.52. The average molecular weight is 292 g/mol. The van der Waals surface area contributed by atoms with Crippen molar-refractivity contribution in [2.45, 2.75) is 39.8 Å². The van der Waals surface area contributed by atoms with Gasteiger partial charge in [-0.2, -0.15) is 0 Å². The molecule has 0 aliphatic carbocycles. The Morgan fingerprint density at radius 1 is 1.33 bits per heavy atom. The van der Waals surface area contributed by atoms with Crippen LogP contribution in [0.2, 0.25) is 0 Å². The summed E-state index contributed by atoms with van der Waals surface area (Å²) in [6, 6.07) is 0. The number of nitrogen functional groups attached to an aromatic ring is 1. The third-order valence-electron chi connectivity index (χ3n) is 2.26. The number of rotatable bonds is 7. The molecule has 0 spiro atoms. The minimum Gasteiger partial charge on any atom is -0.375 e. The predicted molar refractivity (Wildman–Crippen MR) is 75.2 cm³/mol. The van der Waals surface area contributed by atoms with Crippen molar-refractivity contribution in [2.75, 3.05) is 18.9 Å². The summed E-state index contributed by atoms with van der Waals surface area (Å²) < 4.78 is 23.0. The summed E-state index contributed by atoms with van der Waals surface area (Å²) in [6.07, 6.45) is 0.190. The maximum Gasteiger partial charge on any atom is 0.336 e. The van der Waals surface area contributed by atoms with Crippen molar-refractivity contribution in [3.05, 3.63) is 10.6 Å². The van der Waals surface area contributed by atoms with Crippen LogP contribution in [0.15, 0.2) is 0 Å². The number of anilines is 1. The summed E-state index contributed by atoms with van der Waals surface area (Å²) in [6.45, 7) is 8.42. The standard InChI is InChI=1S/C11H21N2O3PS/c1-5-15-17(14,16-6-2)7-9-10(8(3)4)18-11(12)13-9/h8H,5-7H2,1-4H3,(H2,12,13). The lowest BCUT2D eigenvalue weighted by Gasteiger charge is -2.16. The van der Waals surface area contributed by atoms with Crippen molar-refractivity contribution in [1.29, 1.82) is 0 Å². The minimum absolute atomic E-state index is 0.190. The van der Waals surface area contributed by atoms with E-state index in [2.05, 4.69) is 18.8 Å². The average Bonchev–Trinajstić information content (AvgIpc) is 2.59. The molecule has 0 aliphatic heterocycles. The van der Waals surface area contributed by atoms with E-state index >= 15 is 0 Å². The van der Waals surface area contributed by atoms with Crippen LogP contribution in [0, 0.1) is 0 Å². The molecule has 0 unspecified atom stereocenters. The molecule has 5 nitrogen and oxygen atoms in total. The van der Waals surface area contributed by atoms with Crippen molar-refractivity contribution >= 4 is 24.1 Å². The smallest absolute Gasteiger partial charge is 0.336 e. The summed E-state index contributed by atoms with van der Waals surface area (Å²) in [5, 5.41) is 0.494. The minimum atomic E-state index is -3.11. The Morgan fingerprint density at radius 2 is 1.89 bits per heavy atom. The van der Waals surface area contributed by atoms with Gasteiger partial charge in [0, 0.05) is 4.88 Å². The van der Waals surface area contributed by atoms with Crippen LogP contribution in [0.3, 0.4) is 0 Å². The molecule has 18 heavy (non-hydrogen) atoms. The molecule has 0 saturated carbocycles. The summed E-state index contributed by atoms with van der Waals surface area (Å²) in [5.41, 5.74) is 6.45. The molecule has 1 rings (SSSR count). The van der Waals surface area contributed by atoms with Crippen LogP contribution in [-0.4, -0.2) is 18.2 Å². The number of hydrogen-bond donors (Lipinski definition) is 1. The van der Waals surface area contributed by atoms with Gasteiger partial charge in [-0.1, -0.05) is 13.8 Å². The van der Waals surface area contributed by atoms with E-state index in [0.29, 0.717) is 24.3 Å². The molecule has 0 bridgehead atoms. The highest BCUT2D eigenvalue weighted by atomic mass is 32.1.